The maximum atomic E-state index is 12.3. The Kier molecular flexibility index (Phi) is 7.37. The Morgan fingerprint density at radius 1 is 1.30 bits per heavy atom. The summed E-state index contributed by atoms with van der Waals surface area (Å²) in [4.78, 5) is 23.7. The van der Waals surface area contributed by atoms with Crippen molar-refractivity contribution in [2.24, 2.45) is 5.92 Å². The molecule has 2 rings (SSSR count). The second kappa shape index (κ2) is 9.52. The van der Waals surface area contributed by atoms with Gasteiger partial charge in [-0.15, -0.1) is 0 Å². The molecule has 6 heteroatoms. The smallest absolute Gasteiger partial charge is 0.313 e. The van der Waals surface area contributed by atoms with Crippen LogP contribution in [0.1, 0.15) is 56.1 Å². The molecule has 1 atom stereocenters. The number of benzene rings is 1. The second-order valence-electron chi connectivity index (χ2n) is 7.19. The Balaban J connectivity index is 2.14. The predicted octanol–water partition coefficient (Wildman–Crippen LogP) is 2.94. The zero-order valence-electron chi connectivity index (χ0n) is 16.0. The van der Waals surface area contributed by atoms with E-state index >= 15 is 0 Å². The molecule has 0 radical (unpaired) electrons. The van der Waals surface area contributed by atoms with E-state index in [1.165, 1.54) is 7.11 Å². The molecule has 1 aromatic rings. The van der Waals surface area contributed by atoms with Crippen LogP contribution >= 0.6 is 0 Å². The molecule has 0 amide bonds. The van der Waals surface area contributed by atoms with Gasteiger partial charge in [0.25, 0.3) is 0 Å². The highest BCUT2D eigenvalue weighted by molar-refractivity contribution is 5.95. The van der Waals surface area contributed by atoms with E-state index in [4.69, 9.17) is 4.74 Å². The van der Waals surface area contributed by atoms with E-state index in [9.17, 15) is 20.0 Å². The van der Waals surface area contributed by atoms with Crippen LogP contribution in [0.25, 0.3) is 0 Å². The summed E-state index contributed by atoms with van der Waals surface area (Å²) in [5.74, 6) is -0.264. The van der Waals surface area contributed by atoms with Crippen molar-refractivity contribution in [3.63, 3.8) is 0 Å². The number of ether oxygens (including phenoxy) is 2. The van der Waals surface area contributed by atoms with Crippen LogP contribution in [0.3, 0.4) is 0 Å². The Morgan fingerprint density at radius 2 is 2.00 bits per heavy atom. The van der Waals surface area contributed by atoms with Crippen molar-refractivity contribution in [3.8, 4) is 11.8 Å². The molecular formula is C21H27NO5. The molecule has 0 aromatic heterocycles. The fourth-order valence-corrected chi connectivity index (χ4v) is 3.89. The molecular weight excluding hydrogens is 346 g/mol. The normalized spacial score (nSPS) is 16.4. The number of methoxy groups -OCH3 is 2. The molecule has 1 fully saturated rings. The molecule has 27 heavy (non-hydrogen) atoms. The third kappa shape index (κ3) is 5.54. The molecule has 0 spiro atoms. The molecule has 146 valence electrons. The Bertz CT molecular complexity index is 718. The molecule has 1 saturated carbocycles. The van der Waals surface area contributed by atoms with Crippen LogP contribution in [0.5, 0.6) is 5.75 Å². The first-order valence-corrected chi connectivity index (χ1v) is 9.29. The number of esters is 1. The number of rotatable bonds is 9. The van der Waals surface area contributed by atoms with E-state index in [1.54, 1.807) is 19.2 Å². The number of carbonyl (C=O) groups excluding carboxylic acids is 2. The lowest BCUT2D eigenvalue weighted by atomic mass is 9.77. The number of Topliss-reactive ketones (excluding diaryl/α,β-unsaturated/α-hetero) is 1. The summed E-state index contributed by atoms with van der Waals surface area (Å²) >= 11 is 0. The summed E-state index contributed by atoms with van der Waals surface area (Å²) in [5, 5.41) is 20.7. The molecule has 1 aliphatic carbocycles. The van der Waals surface area contributed by atoms with E-state index in [0.717, 1.165) is 31.2 Å². The number of hydrogen-bond acceptors (Lipinski definition) is 6. The summed E-state index contributed by atoms with van der Waals surface area (Å²) in [7, 11) is 2.79. The zero-order chi connectivity index (χ0) is 19.9. The number of nitriles is 1. The van der Waals surface area contributed by atoms with Crippen molar-refractivity contribution in [3.05, 3.63) is 29.3 Å². The summed E-state index contributed by atoms with van der Waals surface area (Å²) in [5.41, 5.74) is 0.146. The van der Waals surface area contributed by atoms with Crippen LogP contribution in [-0.2, 0) is 20.7 Å². The fraction of sp³-hybridized carbons (Fsp3) is 0.571. The minimum atomic E-state index is -1.17. The van der Waals surface area contributed by atoms with Gasteiger partial charge in [0.15, 0.2) is 0 Å². The van der Waals surface area contributed by atoms with Crippen molar-refractivity contribution in [2.75, 3.05) is 14.2 Å². The standard InChI is InChI=1S/C21H27NO5/c1-26-19-8-7-15(16(11-19)14-22)9-10-21(25,17-5-3-4-6-17)13-18(23)12-20(24)27-2/h7-8,11,17,25H,3-6,9-10,12-13H2,1-2H3. The number of nitrogens with zero attached hydrogens (tertiary/aromatic N) is 1. The molecule has 1 unspecified atom stereocenters. The molecule has 1 aromatic carbocycles. The first-order chi connectivity index (χ1) is 12.9. The van der Waals surface area contributed by atoms with Crippen LogP contribution < -0.4 is 4.74 Å². The van der Waals surface area contributed by atoms with Crippen LogP contribution in [0.15, 0.2) is 18.2 Å². The van der Waals surface area contributed by atoms with E-state index in [-0.39, 0.29) is 24.5 Å². The van der Waals surface area contributed by atoms with Gasteiger partial charge >= 0.3 is 5.97 Å². The lowest BCUT2D eigenvalue weighted by Crippen LogP contribution is -2.40. The highest BCUT2D eigenvalue weighted by Crippen LogP contribution is 2.39. The van der Waals surface area contributed by atoms with Crippen molar-refractivity contribution in [1.82, 2.24) is 0 Å². The quantitative estimate of drug-likeness (QED) is 0.528. The van der Waals surface area contributed by atoms with Gasteiger partial charge < -0.3 is 14.6 Å². The molecule has 0 bridgehead atoms. The van der Waals surface area contributed by atoms with Crippen molar-refractivity contribution in [1.29, 1.82) is 5.26 Å². The summed E-state index contributed by atoms with van der Waals surface area (Å²) in [6.07, 6.45) is 4.26. The second-order valence-corrected chi connectivity index (χ2v) is 7.19. The highest BCUT2D eigenvalue weighted by atomic mass is 16.5. The van der Waals surface area contributed by atoms with Crippen molar-refractivity contribution >= 4 is 11.8 Å². The summed E-state index contributed by atoms with van der Waals surface area (Å²) < 4.78 is 9.70. The molecule has 6 nitrogen and oxygen atoms in total. The fourth-order valence-electron chi connectivity index (χ4n) is 3.89. The van der Waals surface area contributed by atoms with Gasteiger partial charge in [-0.2, -0.15) is 5.26 Å². The molecule has 0 heterocycles. The largest absolute Gasteiger partial charge is 0.497 e. The minimum absolute atomic E-state index is 0.0304. The van der Waals surface area contributed by atoms with Gasteiger partial charge in [0.1, 0.15) is 18.0 Å². The molecule has 0 saturated heterocycles. The number of carbonyl (C=O) groups is 2. The maximum absolute atomic E-state index is 12.3. The highest BCUT2D eigenvalue weighted by Gasteiger charge is 2.40. The molecule has 1 aliphatic rings. The number of aliphatic hydroxyl groups is 1. The lowest BCUT2D eigenvalue weighted by Gasteiger charge is -2.34. The van der Waals surface area contributed by atoms with E-state index in [2.05, 4.69) is 10.8 Å². The van der Waals surface area contributed by atoms with Gasteiger partial charge in [-0.1, -0.05) is 18.9 Å². The van der Waals surface area contributed by atoms with Gasteiger partial charge in [-0.3, -0.25) is 9.59 Å². The summed E-state index contributed by atoms with van der Waals surface area (Å²) in [6, 6.07) is 7.44. The van der Waals surface area contributed by atoms with Gasteiger partial charge in [0.05, 0.1) is 31.5 Å². The van der Waals surface area contributed by atoms with Crippen molar-refractivity contribution < 1.29 is 24.2 Å². The third-order valence-corrected chi connectivity index (χ3v) is 5.45. The van der Waals surface area contributed by atoms with E-state index in [0.29, 0.717) is 24.2 Å². The number of aryl methyl sites for hydroxylation is 1. The summed E-state index contributed by atoms with van der Waals surface area (Å²) in [6.45, 7) is 0. The molecule has 0 aliphatic heterocycles. The zero-order valence-corrected chi connectivity index (χ0v) is 16.0. The SMILES string of the molecule is COC(=O)CC(=O)CC(O)(CCc1ccc(OC)cc1C#N)C1CCCC1. The van der Waals surface area contributed by atoms with Crippen LogP contribution in [0, 0.1) is 17.2 Å². The average molecular weight is 373 g/mol. The van der Waals surface area contributed by atoms with Gasteiger partial charge in [0, 0.05) is 6.42 Å². The third-order valence-electron chi connectivity index (χ3n) is 5.45. The number of hydrogen-bond donors (Lipinski definition) is 1. The average Bonchev–Trinajstić information content (AvgIpc) is 3.21. The van der Waals surface area contributed by atoms with Crippen LogP contribution in [0.4, 0.5) is 0 Å². The first-order valence-electron chi connectivity index (χ1n) is 9.29. The Hall–Kier alpha value is -2.39. The first kappa shape index (κ1) is 20.9. The topological polar surface area (TPSA) is 96.6 Å². The number of ketones is 1. The predicted molar refractivity (Wildman–Crippen MR) is 99.2 cm³/mol. The maximum Gasteiger partial charge on any atom is 0.313 e. The van der Waals surface area contributed by atoms with Gasteiger partial charge in [-0.25, -0.2) is 0 Å². The lowest BCUT2D eigenvalue weighted by molar-refractivity contribution is -0.145. The Labute approximate surface area is 160 Å². The van der Waals surface area contributed by atoms with Crippen molar-refractivity contribution in [2.45, 2.75) is 57.0 Å². The Morgan fingerprint density at radius 3 is 2.59 bits per heavy atom. The van der Waals surface area contributed by atoms with Crippen LogP contribution in [-0.4, -0.2) is 36.7 Å². The van der Waals surface area contributed by atoms with E-state index in [1.807, 2.05) is 6.07 Å². The van der Waals surface area contributed by atoms with Gasteiger partial charge in [0.2, 0.25) is 0 Å². The molecule has 1 N–H and O–H groups in total. The van der Waals surface area contributed by atoms with Gasteiger partial charge in [-0.05, 0) is 49.3 Å². The van der Waals surface area contributed by atoms with Crippen LogP contribution in [0.2, 0.25) is 0 Å². The monoisotopic (exact) mass is 373 g/mol. The minimum Gasteiger partial charge on any atom is -0.497 e. The van der Waals surface area contributed by atoms with E-state index < -0.39 is 11.6 Å².